The van der Waals surface area contributed by atoms with Crippen molar-refractivity contribution in [2.24, 2.45) is 0 Å². The fourth-order valence-corrected chi connectivity index (χ4v) is 4.35. The fourth-order valence-electron chi connectivity index (χ4n) is 4.35. The molecule has 5 rings (SSSR count). The van der Waals surface area contributed by atoms with Crippen molar-refractivity contribution in [1.29, 1.82) is 0 Å². The van der Waals surface area contributed by atoms with Gasteiger partial charge in [-0.05, 0) is 30.9 Å². The van der Waals surface area contributed by atoms with E-state index in [0.29, 0.717) is 17.9 Å². The number of nitrogens with zero attached hydrogens (tertiary/aromatic N) is 1. The zero-order valence-electron chi connectivity index (χ0n) is 15.8. The van der Waals surface area contributed by atoms with Crippen LogP contribution in [0.1, 0.15) is 35.1 Å². The zero-order valence-corrected chi connectivity index (χ0v) is 15.8. The summed E-state index contributed by atoms with van der Waals surface area (Å²) in [5.74, 6) is 0.592. The van der Waals surface area contributed by atoms with Crippen molar-refractivity contribution in [3.05, 3.63) is 64.7 Å². The molecule has 0 bridgehead atoms. The molecule has 0 aliphatic carbocycles. The van der Waals surface area contributed by atoms with E-state index in [9.17, 15) is 9.90 Å². The Kier molecular flexibility index (Phi) is 4.41. The number of anilines is 1. The van der Waals surface area contributed by atoms with Crippen molar-refractivity contribution in [2.75, 3.05) is 25.0 Å². The summed E-state index contributed by atoms with van der Waals surface area (Å²) in [5.41, 5.74) is 5.84. The highest BCUT2D eigenvalue weighted by Crippen LogP contribution is 2.41. The first-order chi connectivity index (χ1) is 13.7. The van der Waals surface area contributed by atoms with Gasteiger partial charge in [0, 0.05) is 42.0 Å². The van der Waals surface area contributed by atoms with Gasteiger partial charge in [0.1, 0.15) is 12.4 Å². The van der Waals surface area contributed by atoms with Crippen LogP contribution >= 0.6 is 0 Å². The van der Waals surface area contributed by atoms with Crippen molar-refractivity contribution >= 4 is 22.9 Å². The lowest BCUT2D eigenvalue weighted by atomic mass is 9.98. The second-order valence-corrected chi connectivity index (χ2v) is 7.81. The highest BCUT2D eigenvalue weighted by molar-refractivity contribution is 6.36. The first-order valence-corrected chi connectivity index (χ1v) is 9.99. The van der Waals surface area contributed by atoms with Crippen LogP contribution in [0.5, 0.6) is 0 Å². The Morgan fingerprint density at radius 3 is 2.79 bits per heavy atom. The number of nitrogens with one attached hydrogen (secondary N) is 1. The van der Waals surface area contributed by atoms with E-state index in [1.807, 2.05) is 24.3 Å². The van der Waals surface area contributed by atoms with Crippen LogP contribution in [0, 0.1) is 0 Å². The quantitative estimate of drug-likeness (QED) is 0.809. The zero-order chi connectivity index (χ0) is 19.1. The molecule has 3 aliphatic heterocycles. The third-order valence-corrected chi connectivity index (χ3v) is 5.96. The molecule has 3 aliphatic rings. The van der Waals surface area contributed by atoms with E-state index < -0.39 is 0 Å². The molecule has 0 spiro atoms. The molecule has 2 aromatic rings. The highest BCUT2D eigenvalue weighted by atomic mass is 16.5. The summed E-state index contributed by atoms with van der Waals surface area (Å²) in [6.07, 6.45) is 2.60. The smallest absolute Gasteiger partial charge is 0.260 e. The van der Waals surface area contributed by atoms with E-state index in [1.165, 1.54) is 5.56 Å². The van der Waals surface area contributed by atoms with Gasteiger partial charge in [0.15, 0.2) is 0 Å². The largest absolute Gasteiger partial charge is 0.487 e. The number of aliphatic hydroxyl groups excluding tert-OH is 1. The fraction of sp³-hybridized carbons (Fsp3) is 0.348. The molecule has 1 amide bonds. The topological polar surface area (TPSA) is 61.8 Å². The third kappa shape index (κ3) is 3.11. The van der Waals surface area contributed by atoms with Crippen LogP contribution in [0.3, 0.4) is 0 Å². The summed E-state index contributed by atoms with van der Waals surface area (Å²) in [5, 5.41) is 12.6. The summed E-state index contributed by atoms with van der Waals surface area (Å²) in [6, 6.07) is 14.2. The number of amides is 1. The van der Waals surface area contributed by atoms with E-state index in [0.717, 1.165) is 61.3 Å². The Labute approximate surface area is 164 Å². The van der Waals surface area contributed by atoms with E-state index in [-0.39, 0.29) is 12.0 Å². The number of para-hydroxylation sites is 1. The third-order valence-electron chi connectivity index (χ3n) is 5.96. The maximum absolute atomic E-state index is 12.5. The Hall–Kier alpha value is -2.63. The van der Waals surface area contributed by atoms with Gasteiger partial charge in [-0.15, -0.1) is 0 Å². The summed E-state index contributed by atoms with van der Waals surface area (Å²) < 4.78 is 5.98. The standard InChI is InChI=1S/C23H24N2O3/c26-17-8-11-25(12-9-17)10-7-15-5-6-18-16(13-15)14-28-22(18)21-19-3-1-2-4-20(19)24-23(21)27/h1-6,13,17,26H,7-12,14H2,(H,24,27). The molecule has 5 heteroatoms. The molecule has 0 radical (unpaired) electrons. The molecule has 28 heavy (non-hydrogen) atoms. The number of likely N-dealkylation sites (tertiary alicyclic amines) is 1. The van der Waals surface area contributed by atoms with Crippen molar-refractivity contribution < 1.29 is 14.6 Å². The number of hydrogen-bond donors (Lipinski definition) is 2. The number of aliphatic hydroxyl groups is 1. The lowest BCUT2D eigenvalue weighted by Gasteiger charge is -2.29. The molecule has 0 atom stereocenters. The number of carbonyl (C=O) groups excluding carboxylic acids is 1. The van der Waals surface area contributed by atoms with Crippen LogP contribution in [-0.4, -0.2) is 41.7 Å². The van der Waals surface area contributed by atoms with Crippen molar-refractivity contribution in [3.8, 4) is 0 Å². The highest BCUT2D eigenvalue weighted by Gasteiger charge is 2.32. The minimum absolute atomic E-state index is 0.0968. The molecule has 0 saturated carbocycles. The first-order valence-electron chi connectivity index (χ1n) is 9.99. The van der Waals surface area contributed by atoms with Gasteiger partial charge in [-0.2, -0.15) is 0 Å². The van der Waals surface area contributed by atoms with Gasteiger partial charge < -0.3 is 20.1 Å². The first kappa shape index (κ1) is 17.5. The molecule has 0 aromatic heterocycles. The number of benzene rings is 2. The van der Waals surface area contributed by atoms with Crippen molar-refractivity contribution in [2.45, 2.75) is 32.0 Å². The van der Waals surface area contributed by atoms with Crippen LogP contribution in [0.25, 0.3) is 11.3 Å². The normalized spacial score (nSPS) is 22.0. The summed E-state index contributed by atoms with van der Waals surface area (Å²) in [6.45, 7) is 3.46. The average molecular weight is 376 g/mol. The number of carbonyl (C=O) groups is 1. The molecule has 144 valence electrons. The predicted octanol–water partition coefficient (Wildman–Crippen LogP) is 3.04. The predicted molar refractivity (Wildman–Crippen MR) is 109 cm³/mol. The number of ether oxygens (including phenoxy) is 1. The van der Waals surface area contributed by atoms with Crippen LogP contribution in [0.4, 0.5) is 5.69 Å². The van der Waals surface area contributed by atoms with Crippen LogP contribution < -0.4 is 5.32 Å². The minimum atomic E-state index is -0.127. The molecule has 0 unspecified atom stereocenters. The van der Waals surface area contributed by atoms with Gasteiger partial charge in [-0.25, -0.2) is 0 Å². The molecule has 1 fully saturated rings. The molecule has 2 aromatic carbocycles. The van der Waals surface area contributed by atoms with E-state index in [4.69, 9.17) is 4.74 Å². The molecular weight excluding hydrogens is 352 g/mol. The van der Waals surface area contributed by atoms with Gasteiger partial charge in [0.25, 0.3) is 5.91 Å². The van der Waals surface area contributed by atoms with Crippen molar-refractivity contribution in [3.63, 3.8) is 0 Å². The molecule has 1 saturated heterocycles. The van der Waals surface area contributed by atoms with E-state index >= 15 is 0 Å². The monoisotopic (exact) mass is 376 g/mol. The van der Waals surface area contributed by atoms with Gasteiger partial charge in [-0.1, -0.05) is 36.4 Å². The van der Waals surface area contributed by atoms with Gasteiger partial charge in [0.2, 0.25) is 0 Å². The van der Waals surface area contributed by atoms with Crippen molar-refractivity contribution in [1.82, 2.24) is 4.90 Å². The second-order valence-electron chi connectivity index (χ2n) is 7.81. The van der Waals surface area contributed by atoms with Crippen LogP contribution in [-0.2, 0) is 22.6 Å². The number of fused-ring (bicyclic) bond motifs is 2. The van der Waals surface area contributed by atoms with E-state index in [2.05, 4.69) is 28.4 Å². The number of rotatable bonds is 3. The summed E-state index contributed by atoms with van der Waals surface area (Å²) >= 11 is 0. The van der Waals surface area contributed by atoms with E-state index in [1.54, 1.807) is 0 Å². The number of hydrogen-bond acceptors (Lipinski definition) is 4. The van der Waals surface area contributed by atoms with Crippen LogP contribution in [0.2, 0.25) is 0 Å². The molecule has 5 nitrogen and oxygen atoms in total. The molecular formula is C23H24N2O3. The Balaban J connectivity index is 1.37. The molecule has 3 heterocycles. The summed E-state index contributed by atoms with van der Waals surface area (Å²) in [7, 11) is 0. The average Bonchev–Trinajstić information content (AvgIpc) is 3.26. The van der Waals surface area contributed by atoms with Gasteiger partial charge >= 0.3 is 0 Å². The minimum Gasteiger partial charge on any atom is -0.487 e. The lowest BCUT2D eigenvalue weighted by molar-refractivity contribution is -0.110. The Morgan fingerprint density at radius 1 is 1.11 bits per heavy atom. The van der Waals surface area contributed by atoms with Gasteiger partial charge in [-0.3, -0.25) is 4.79 Å². The van der Waals surface area contributed by atoms with Crippen LogP contribution in [0.15, 0.2) is 42.5 Å². The van der Waals surface area contributed by atoms with Gasteiger partial charge in [0.05, 0.1) is 11.7 Å². The lowest BCUT2D eigenvalue weighted by Crippen LogP contribution is -2.37. The maximum Gasteiger partial charge on any atom is 0.260 e. The Bertz CT molecular complexity index is 958. The second kappa shape index (κ2) is 7.08. The number of piperidine rings is 1. The maximum atomic E-state index is 12.5. The SMILES string of the molecule is O=C1Nc2ccccc2C1=C1OCc2cc(CCN3CCC(O)CC3)ccc21. The summed E-state index contributed by atoms with van der Waals surface area (Å²) in [4.78, 5) is 14.9. The Morgan fingerprint density at radius 2 is 1.93 bits per heavy atom. The molecule has 2 N–H and O–H groups in total.